The van der Waals surface area contributed by atoms with Crippen molar-refractivity contribution in [2.24, 2.45) is 0 Å². The van der Waals surface area contributed by atoms with Crippen molar-refractivity contribution in [3.05, 3.63) is 28.0 Å². The molecule has 0 aromatic heterocycles. The number of ether oxygens (including phenoxy) is 1. The third-order valence-electron chi connectivity index (χ3n) is 4.12. The van der Waals surface area contributed by atoms with Gasteiger partial charge in [-0.25, -0.2) is 14.0 Å². The number of carbonyl (C=O) groups excluding carboxylic acids is 2. The fourth-order valence-corrected chi connectivity index (χ4v) is 3.16. The summed E-state index contributed by atoms with van der Waals surface area (Å²) in [5, 5.41) is 2.75. The number of hydrogen-bond acceptors (Lipinski definition) is 3. The smallest absolute Gasteiger partial charge is 0.410 e. The molecule has 1 N–H and O–H groups in total. The van der Waals surface area contributed by atoms with Crippen LogP contribution in [0.2, 0.25) is 0 Å². The predicted molar refractivity (Wildman–Crippen MR) is 102 cm³/mol. The Bertz CT molecular complexity index is 706. The van der Waals surface area contributed by atoms with E-state index in [0.717, 1.165) is 0 Å². The van der Waals surface area contributed by atoms with Crippen LogP contribution in [0, 0.1) is 12.7 Å². The van der Waals surface area contributed by atoms with E-state index in [-0.39, 0.29) is 18.2 Å². The van der Waals surface area contributed by atoms with Gasteiger partial charge in [0.25, 0.3) is 0 Å². The summed E-state index contributed by atoms with van der Waals surface area (Å²) in [5.74, 6) is -0.398. The molecule has 26 heavy (non-hydrogen) atoms. The van der Waals surface area contributed by atoms with Gasteiger partial charge in [-0.2, -0.15) is 0 Å². The van der Waals surface area contributed by atoms with Crippen molar-refractivity contribution in [1.82, 2.24) is 9.80 Å². The molecule has 1 aliphatic rings. The molecule has 8 heteroatoms. The van der Waals surface area contributed by atoms with Gasteiger partial charge >= 0.3 is 12.1 Å². The summed E-state index contributed by atoms with van der Waals surface area (Å²) in [5.41, 5.74) is 0.239. The number of nitrogens with one attached hydrogen (secondary N) is 1. The number of benzene rings is 1. The number of urea groups is 1. The largest absolute Gasteiger partial charge is 0.444 e. The summed E-state index contributed by atoms with van der Waals surface area (Å²) in [7, 11) is 0. The number of anilines is 1. The average Bonchev–Trinajstić information content (AvgIpc) is 2.53. The third kappa shape index (κ3) is 4.87. The van der Waals surface area contributed by atoms with E-state index in [1.54, 1.807) is 28.9 Å². The molecule has 1 fully saturated rings. The summed E-state index contributed by atoms with van der Waals surface area (Å²) in [6.07, 6.45) is -0.379. The summed E-state index contributed by atoms with van der Waals surface area (Å²) >= 11 is 3.13. The molecule has 0 spiro atoms. The molecule has 3 amide bonds. The van der Waals surface area contributed by atoms with Crippen LogP contribution in [-0.4, -0.2) is 53.2 Å². The second-order valence-electron chi connectivity index (χ2n) is 7.43. The summed E-state index contributed by atoms with van der Waals surface area (Å²) in [4.78, 5) is 28.0. The minimum Gasteiger partial charge on any atom is -0.444 e. The molecule has 0 bridgehead atoms. The molecular weight excluding hydrogens is 405 g/mol. The molecule has 0 radical (unpaired) electrons. The Kier molecular flexibility index (Phi) is 6.16. The van der Waals surface area contributed by atoms with Crippen LogP contribution in [0.1, 0.15) is 33.3 Å². The lowest BCUT2D eigenvalue weighted by Gasteiger charge is -2.40. The van der Waals surface area contributed by atoms with Crippen molar-refractivity contribution in [1.29, 1.82) is 0 Å². The predicted octanol–water partition coefficient (Wildman–Crippen LogP) is 4.37. The number of amides is 3. The van der Waals surface area contributed by atoms with Crippen molar-refractivity contribution in [2.75, 3.05) is 25.0 Å². The van der Waals surface area contributed by atoms with E-state index in [4.69, 9.17) is 4.74 Å². The zero-order valence-electron chi connectivity index (χ0n) is 15.7. The van der Waals surface area contributed by atoms with Crippen LogP contribution in [0.15, 0.2) is 16.6 Å². The molecule has 1 heterocycles. The first-order valence-electron chi connectivity index (χ1n) is 8.49. The number of rotatable bonds is 1. The van der Waals surface area contributed by atoms with Crippen LogP contribution in [0.4, 0.5) is 19.7 Å². The fourth-order valence-electron chi connectivity index (χ4n) is 2.73. The average molecular weight is 430 g/mol. The van der Waals surface area contributed by atoms with Gasteiger partial charge in [-0.15, -0.1) is 0 Å². The van der Waals surface area contributed by atoms with Crippen LogP contribution in [0.25, 0.3) is 0 Å². The number of piperazine rings is 1. The van der Waals surface area contributed by atoms with Gasteiger partial charge in [-0.3, -0.25) is 0 Å². The Morgan fingerprint density at radius 1 is 1.31 bits per heavy atom. The molecule has 1 aromatic carbocycles. The topological polar surface area (TPSA) is 61.9 Å². The van der Waals surface area contributed by atoms with E-state index < -0.39 is 11.4 Å². The number of carbonyl (C=O) groups is 2. The molecule has 1 aliphatic heterocycles. The highest BCUT2D eigenvalue weighted by Gasteiger charge is 2.32. The Labute approximate surface area is 161 Å². The summed E-state index contributed by atoms with van der Waals surface area (Å²) in [6, 6.07) is 2.71. The Hall–Kier alpha value is -1.83. The van der Waals surface area contributed by atoms with Crippen molar-refractivity contribution in [2.45, 2.75) is 46.3 Å². The minimum absolute atomic E-state index is 0.183. The maximum Gasteiger partial charge on any atom is 0.410 e. The monoisotopic (exact) mass is 429 g/mol. The first-order chi connectivity index (χ1) is 12.0. The van der Waals surface area contributed by atoms with Gasteiger partial charge in [0.2, 0.25) is 0 Å². The fraction of sp³-hybridized carbons (Fsp3) is 0.556. The van der Waals surface area contributed by atoms with Gasteiger partial charge < -0.3 is 19.9 Å². The number of nitrogens with zero attached hydrogens (tertiary/aromatic N) is 2. The number of halogens is 2. The Morgan fingerprint density at radius 3 is 2.54 bits per heavy atom. The molecule has 1 saturated heterocycles. The first-order valence-corrected chi connectivity index (χ1v) is 9.29. The van der Waals surface area contributed by atoms with Gasteiger partial charge in [-0.1, -0.05) is 0 Å². The first kappa shape index (κ1) is 20.5. The molecule has 144 valence electrons. The molecule has 1 aromatic rings. The second-order valence-corrected chi connectivity index (χ2v) is 8.29. The molecule has 0 saturated carbocycles. The Morgan fingerprint density at radius 2 is 1.96 bits per heavy atom. The van der Waals surface area contributed by atoms with E-state index in [1.165, 1.54) is 0 Å². The highest BCUT2D eigenvalue weighted by Crippen LogP contribution is 2.25. The van der Waals surface area contributed by atoms with E-state index >= 15 is 0 Å². The van der Waals surface area contributed by atoms with Crippen molar-refractivity contribution < 1.29 is 18.7 Å². The van der Waals surface area contributed by atoms with Gasteiger partial charge in [0.05, 0.1) is 4.47 Å². The second kappa shape index (κ2) is 7.82. The third-order valence-corrected chi connectivity index (χ3v) is 4.73. The molecule has 0 aliphatic carbocycles. The van der Waals surface area contributed by atoms with Gasteiger partial charge in [0.1, 0.15) is 11.4 Å². The highest BCUT2D eigenvalue weighted by molar-refractivity contribution is 9.10. The van der Waals surface area contributed by atoms with E-state index in [9.17, 15) is 14.0 Å². The summed E-state index contributed by atoms with van der Waals surface area (Å²) < 4.78 is 19.7. The van der Waals surface area contributed by atoms with Gasteiger partial charge in [-0.05, 0) is 62.7 Å². The quantitative estimate of drug-likeness (QED) is 0.720. The van der Waals surface area contributed by atoms with E-state index in [1.807, 2.05) is 27.7 Å². The van der Waals surface area contributed by atoms with Crippen LogP contribution in [-0.2, 0) is 4.74 Å². The minimum atomic E-state index is -0.558. The Balaban J connectivity index is 2.00. The maximum absolute atomic E-state index is 14.0. The number of hydrogen-bond donors (Lipinski definition) is 1. The molecular formula is C18H25BrFN3O3. The van der Waals surface area contributed by atoms with Gasteiger partial charge in [0.15, 0.2) is 0 Å². The van der Waals surface area contributed by atoms with Crippen molar-refractivity contribution in [3.63, 3.8) is 0 Å². The lowest BCUT2D eigenvalue weighted by atomic mass is 10.2. The standard InChI is InChI=1S/C18H25BrFN3O3/c1-11-10-22(17(25)26-18(3,4)5)8-9-23(11)16(24)21-14-7-6-13(19)15(20)12(14)2/h6-7,11H,8-10H2,1-5H3,(H,21,24)/t11-/m0/s1. The molecule has 6 nitrogen and oxygen atoms in total. The van der Waals surface area contributed by atoms with Crippen molar-refractivity contribution in [3.8, 4) is 0 Å². The molecule has 0 unspecified atom stereocenters. The van der Waals surface area contributed by atoms with Crippen LogP contribution in [0.3, 0.4) is 0 Å². The van der Waals surface area contributed by atoms with E-state index in [2.05, 4.69) is 21.2 Å². The maximum atomic E-state index is 14.0. The van der Waals surface area contributed by atoms with E-state index in [0.29, 0.717) is 35.4 Å². The molecule has 1 atom stereocenters. The van der Waals surface area contributed by atoms with Crippen LogP contribution in [0.5, 0.6) is 0 Å². The zero-order chi connectivity index (χ0) is 19.6. The van der Waals surface area contributed by atoms with Gasteiger partial charge in [0, 0.05) is 36.9 Å². The normalized spacial score (nSPS) is 17.9. The SMILES string of the molecule is Cc1c(NC(=O)N2CCN(C(=O)OC(C)(C)C)C[C@@H]2C)ccc(Br)c1F. The lowest BCUT2D eigenvalue weighted by Crippen LogP contribution is -2.57. The molecule has 2 rings (SSSR count). The summed E-state index contributed by atoms with van der Waals surface area (Å²) in [6.45, 7) is 10.1. The van der Waals surface area contributed by atoms with Crippen LogP contribution < -0.4 is 5.32 Å². The van der Waals surface area contributed by atoms with Crippen LogP contribution >= 0.6 is 15.9 Å². The lowest BCUT2D eigenvalue weighted by molar-refractivity contribution is 0.0112. The highest BCUT2D eigenvalue weighted by atomic mass is 79.9. The van der Waals surface area contributed by atoms with Crippen molar-refractivity contribution >= 4 is 33.7 Å². The zero-order valence-corrected chi connectivity index (χ0v) is 17.3.